The van der Waals surface area contributed by atoms with Gasteiger partial charge in [-0.25, -0.2) is 9.59 Å². The average molecular weight is 502 g/mol. The van der Waals surface area contributed by atoms with Gasteiger partial charge in [0.15, 0.2) is 17.6 Å². The van der Waals surface area contributed by atoms with Crippen molar-refractivity contribution in [3.05, 3.63) is 53.6 Å². The summed E-state index contributed by atoms with van der Waals surface area (Å²) in [6.07, 6.45) is 3.11. The highest BCUT2D eigenvalue weighted by Crippen LogP contribution is 2.28. The van der Waals surface area contributed by atoms with Crippen LogP contribution in [-0.4, -0.2) is 61.6 Å². The molecule has 1 N–H and O–H groups in total. The van der Waals surface area contributed by atoms with Crippen LogP contribution in [0.3, 0.4) is 0 Å². The lowest BCUT2D eigenvalue weighted by molar-refractivity contribution is -0.149. The number of hydrogen-bond acceptors (Lipinski definition) is 6. The molecule has 198 valence electrons. The zero-order valence-electron chi connectivity index (χ0n) is 21.8. The van der Waals surface area contributed by atoms with Gasteiger partial charge in [0.2, 0.25) is 0 Å². The number of nitrogens with zero attached hydrogens (tertiary/aromatic N) is 1. The van der Waals surface area contributed by atoms with Crippen LogP contribution in [0.15, 0.2) is 42.5 Å². The van der Waals surface area contributed by atoms with Crippen LogP contribution in [0.4, 0.5) is 4.79 Å². The van der Waals surface area contributed by atoms with E-state index in [4.69, 9.17) is 18.9 Å². The van der Waals surface area contributed by atoms with Crippen LogP contribution in [0, 0.1) is 6.92 Å². The lowest BCUT2D eigenvalue weighted by atomic mass is 10.1. The van der Waals surface area contributed by atoms with Crippen LogP contribution in [0.2, 0.25) is 0 Å². The van der Waals surface area contributed by atoms with Gasteiger partial charge in [0.05, 0.1) is 13.7 Å². The van der Waals surface area contributed by atoms with E-state index in [-0.39, 0.29) is 6.42 Å². The number of ether oxygens (including phenoxy) is 4. The lowest BCUT2D eigenvalue weighted by Gasteiger charge is -2.23. The number of aryl methyl sites for hydroxylation is 1. The van der Waals surface area contributed by atoms with E-state index in [2.05, 4.69) is 6.92 Å². The van der Waals surface area contributed by atoms with Crippen LogP contribution >= 0.6 is 0 Å². The summed E-state index contributed by atoms with van der Waals surface area (Å²) in [6, 6.07) is 12.7. The van der Waals surface area contributed by atoms with E-state index in [0.29, 0.717) is 43.6 Å². The van der Waals surface area contributed by atoms with Crippen molar-refractivity contribution in [1.29, 1.82) is 0 Å². The Morgan fingerprint density at radius 2 is 1.72 bits per heavy atom. The van der Waals surface area contributed by atoms with Crippen molar-refractivity contribution in [3.8, 4) is 17.2 Å². The van der Waals surface area contributed by atoms with Gasteiger partial charge in [0, 0.05) is 19.6 Å². The number of carbonyl (C=O) groups is 2. The fourth-order valence-electron chi connectivity index (χ4n) is 3.67. The highest BCUT2D eigenvalue weighted by molar-refractivity contribution is 5.73. The summed E-state index contributed by atoms with van der Waals surface area (Å²) in [4.78, 5) is 25.9. The van der Waals surface area contributed by atoms with Crippen LogP contribution in [0.25, 0.3) is 0 Å². The van der Waals surface area contributed by atoms with E-state index in [0.717, 1.165) is 36.8 Å². The third-order valence-electron chi connectivity index (χ3n) is 5.67. The molecule has 1 unspecified atom stereocenters. The molecule has 0 bridgehead atoms. The van der Waals surface area contributed by atoms with Gasteiger partial charge in [-0.1, -0.05) is 44.4 Å². The molecule has 0 aliphatic rings. The molecule has 1 atom stereocenters. The zero-order chi connectivity index (χ0) is 26.3. The minimum Gasteiger partial charge on any atom is -0.493 e. The van der Waals surface area contributed by atoms with Gasteiger partial charge in [-0.2, -0.15) is 0 Å². The zero-order valence-corrected chi connectivity index (χ0v) is 21.8. The SMILES string of the molecule is CCCCCCN(CCOc1ccc(CC(OCC)C(=O)O)cc1)C(=O)Oc1cc(C)ccc1OC. The predicted octanol–water partition coefficient (Wildman–Crippen LogP) is 5.50. The summed E-state index contributed by atoms with van der Waals surface area (Å²) in [7, 11) is 1.54. The number of carbonyl (C=O) groups excluding carboxylic acids is 1. The summed E-state index contributed by atoms with van der Waals surface area (Å²) in [6.45, 7) is 7.42. The minimum atomic E-state index is -0.980. The first-order valence-corrected chi connectivity index (χ1v) is 12.5. The number of amides is 1. The molecule has 0 heterocycles. The number of benzene rings is 2. The summed E-state index contributed by atoms with van der Waals surface area (Å²) in [5.41, 5.74) is 1.81. The third-order valence-corrected chi connectivity index (χ3v) is 5.67. The number of rotatable bonds is 16. The van der Waals surface area contributed by atoms with Crippen LogP contribution in [-0.2, 0) is 16.0 Å². The quantitative estimate of drug-likeness (QED) is 0.304. The highest BCUT2D eigenvalue weighted by atomic mass is 16.6. The standard InChI is InChI=1S/C28H39NO7/c1-5-7-8-9-16-29(28(32)36-25-19-21(3)10-15-24(25)33-4)17-18-35-23-13-11-22(12-14-23)20-26(27(30)31)34-6-2/h10-15,19,26H,5-9,16-18,20H2,1-4H3,(H,30,31). The molecule has 2 aromatic rings. The second-order valence-electron chi connectivity index (χ2n) is 8.55. The van der Waals surface area contributed by atoms with E-state index < -0.39 is 18.2 Å². The Morgan fingerprint density at radius 1 is 0.972 bits per heavy atom. The van der Waals surface area contributed by atoms with Gasteiger partial charge in [-0.3, -0.25) is 0 Å². The van der Waals surface area contributed by atoms with E-state index in [1.807, 2.05) is 25.1 Å². The van der Waals surface area contributed by atoms with E-state index >= 15 is 0 Å². The first-order chi connectivity index (χ1) is 17.4. The van der Waals surface area contributed by atoms with Gasteiger partial charge in [0.25, 0.3) is 0 Å². The largest absolute Gasteiger partial charge is 0.493 e. The Bertz CT molecular complexity index is 945. The van der Waals surface area contributed by atoms with Gasteiger partial charge in [0.1, 0.15) is 12.4 Å². The maximum atomic E-state index is 13.0. The normalized spacial score (nSPS) is 11.6. The van der Waals surface area contributed by atoms with Crippen molar-refractivity contribution in [3.63, 3.8) is 0 Å². The average Bonchev–Trinajstić information content (AvgIpc) is 2.86. The van der Waals surface area contributed by atoms with Crippen LogP contribution in [0.1, 0.15) is 50.7 Å². The molecule has 2 aromatic carbocycles. The molecule has 0 aliphatic carbocycles. The second kappa shape index (κ2) is 15.7. The fourth-order valence-corrected chi connectivity index (χ4v) is 3.67. The number of carboxylic acid groups (broad SMARTS) is 1. The number of methoxy groups -OCH3 is 1. The van der Waals surface area contributed by atoms with E-state index in [9.17, 15) is 14.7 Å². The first kappa shape index (κ1) is 29.0. The Morgan fingerprint density at radius 3 is 2.36 bits per heavy atom. The van der Waals surface area contributed by atoms with Gasteiger partial charge < -0.3 is 29.0 Å². The number of aliphatic carboxylic acids is 1. The Kier molecular flexibility index (Phi) is 12.6. The molecule has 1 amide bonds. The molecular formula is C28H39NO7. The molecule has 0 radical (unpaired) electrons. The van der Waals surface area contributed by atoms with Gasteiger partial charge >= 0.3 is 12.1 Å². The van der Waals surface area contributed by atoms with Crippen LogP contribution in [0.5, 0.6) is 17.2 Å². The van der Waals surface area contributed by atoms with Crippen molar-refractivity contribution >= 4 is 12.1 Å². The molecule has 0 fully saturated rings. The van der Waals surface area contributed by atoms with E-state index in [1.165, 1.54) is 0 Å². The molecule has 0 saturated carbocycles. The molecular weight excluding hydrogens is 462 g/mol. The monoisotopic (exact) mass is 501 g/mol. The van der Waals surface area contributed by atoms with Gasteiger partial charge in [-0.15, -0.1) is 0 Å². The molecule has 0 saturated heterocycles. The second-order valence-corrected chi connectivity index (χ2v) is 8.55. The summed E-state index contributed by atoms with van der Waals surface area (Å²) in [5, 5.41) is 9.26. The Hall–Kier alpha value is -3.26. The molecule has 0 aliphatic heterocycles. The minimum absolute atomic E-state index is 0.281. The number of hydrogen-bond donors (Lipinski definition) is 1. The third kappa shape index (κ3) is 9.77. The molecule has 0 aromatic heterocycles. The molecule has 0 spiro atoms. The Balaban J connectivity index is 1.96. The molecule has 36 heavy (non-hydrogen) atoms. The number of unbranched alkanes of at least 4 members (excludes halogenated alkanes) is 3. The smallest absolute Gasteiger partial charge is 0.415 e. The molecule has 8 nitrogen and oxygen atoms in total. The van der Waals surface area contributed by atoms with Crippen molar-refractivity contribution in [2.45, 2.75) is 59.0 Å². The van der Waals surface area contributed by atoms with Crippen molar-refractivity contribution in [2.75, 3.05) is 33.4 Å². The Labute approximate surface area is 214 Å². The van der Waals surface area contributed by atoms with Crippen molar-refractivity contribution in [1.82, 2.24) is 4.90 Å². The fraction of sp³-hybridized carbons (Fsp3) is 0.500. The summed E-state index contributed by atoms with van der Waals surface area (Å²) >= 11 is 0. The van der Waals surface area contributed by atoms with Crippen molar-refractivity contribution in [2.24, 2.45) is 0 Å². The maximum absolute atomic E-state index is 13.0. The predicted molar refractivity (Wildman–Crippen MR) is 138 cm³/mol. The molecule has 8 heteroatoms. The first-order valence-electron chi connectivity index (χ1n) is 12.5. The van der Waals surface area contributed by atoms with Crippen molar-refractivity contribution < 1.29 is 33.6 Å². The lowest BCUT2D eigenvalue weighted by Crippen LogP contribution is -2.37. The topological polar surface area (TPSA) is 94.5 Å². The van der Waals surface area contributed by atoms with E-state index in [1.54, 1.807) is 43.2 Å². The number of carboxylic acids is 1. The molecule has 2 rings (SSSR count). The van der Waals surface area contributed by atoms with Crippen LogP contribution < -0.4 is 14.2 Å². The van der Waals surface area contributed by atoms with Gasteiger partial charge in [-0.05, 0) is 55.7 Å². The highest BCUT2D eigenvalue weighted by Gasteiger charge is 2.19. The summed E-state index contributed by atoms with van der Waals surface area (Å²) in [5.74, 6) is 0.558. The maximum Gasteiger partial charge on any atom is 0.415 e. The summed E-state index contributed by atoms with van der Waals surface area (Å²) < 4.78 is 22.1.